The number of rotatable bonds is 3. The number of amides is 1. The summed E-state index contributed by atoms with van der Waals surface area (Å²) >= 11 is 1.65. The van der Waals surface area contributed by atoms with Crippen LogP contribution in [0.5, 0.6) is 0 Å². The Morgan fingerprint density at radius 3 is 3.26 bits per heavy atom. The molecule has 1 atom stereocenters. The number of carbonyl (C=O) groups is 1. The molecule has 5 heteroatoms. The fourth-order valence-electron chi connectivity index (χ4n) is 3.15. The van der Waals surface area contributed by atoms with Crippen molar-refractivity contribution in [1.82, 2.24) is 14.7 Å². The average molecular weight is 325 g/mol. The average Bonchev–Trinajstić information content (AvgIpc) is 3.15. The van der Waals surface area contributed by atoms with Gasteiger partial charge in [-0.05, 0) is 48.9 Å². The number of pyridine rings is 1. The van der Waals surface area contributed by atoms with Gasteiger partial charge in [0, 0.05) is 17.3 Å². The summed E-state index contributed by atoms with van der Waals surface area (Å²) in [7, 11) is 0. The number of hydrogen-bond acceptors (Lipinski definition) is 3. The Kier molecular flexibility index (Phi) is 3.65. The van der Waals surface area contributed by atoms with Gasteiger partial charge in [0.25, 0.3) is 5.91 Å². The molecular weight excluding hydrogens is 306 g/mol. The van der Waals surface area contributed by atoms with Gasteiger partial charge in [-0.1, -0.05) is 13.0 Å². The second-order valence-electron chi connectivity index (χ2n) is 6.29. The van der Waals surface area contributed by atoms with Gasteiger partial charge in [-0.15, -0.1) is 11.3 Å². The third-order valence-electron chi connectivity index (χ3n) is 4.40. The minimum atomic E-state index is 0.00843. The first-order valence-electron chi connectivity index (χ1n) is 8.01. The molecule has 23 heavy (non-hydrogen) atoms. The topological polar surface area (TPSA) is 46.4 Å². The minimum absolute atomic E-state index is 0.00843. The van der Waals surface area contributed by atoms with Crippen LogP contribution < -0.4 is 5.32 Å². The maximum absolute atomic E-state index is 12.4. The molecule has 1 aliphatic rings. The summed E-state index contributed by atoms with van der Waals surface area (Å²) in [5, 5.41) is 2.99. The first-order chi connectivity index (χ1) is 11.2. The smallest absolute Gasteiger partial charge is 0.261 e. The van der Waals surface area contributed by atoms with E-state index in [1.54, 1.807) is 11.3 Å². The molecule has 3 aromatic heterocycles. The summed E-state index contributed by atoms with van der Waals surface area (Å²) in [6, 6.07) is 7.96. The number of nitrogens with zero attached hydrogens (tertiary/aromatic N) is 2. The van der Waals surface area contributed by atoms with E-state index in [4.69, 9.17) is 0 Å². The van der Waals surface area contributed by atoms with Crippen LogP contribution in [0.4, 0.5) is 0 Å². The Hall–Kier alpha value is -2.14. The molecule has 1 aliphatic carbocycles. The molecular formula is C18H19N3OS. The summed E-state index contributed by atoms with van der Waals surface area (Å²) in [4.78, 5) is 19.1. The number of imidazole rings is 1. The molecule has 0 spiro atoms. The molecule has 0 aliphatic heterocycles. The van der Waals surface area contributed by atoms with Crippen LogP contribution in [0.1, 0.15) is 39.2 Å². The van der Waals surface area contributed by atoms with Crippen molar-refractivity contribution in [1.29, 1.82) is 0 Å². The van der Waals surface area contributed by atoms with Crippen LogP contribution in [0, 0.1) is 5.92 Å². The Bertz CT molecular complexity index is 831. The van der Waals surface area contributed by atoms with E-state index >= 15 is 0 Å². The summed E-state index contributed by atoms with van der Waals surface area (Å²) in [5.41, 5.74) is 3.14. The highest BCUT2D eigenvalue weighted by atomic mass is 32.1. The number of hydrogen-bond donors (Lipinski definition) is 1. The Balaban J connectivity index is 1.45. The minimum Gasteiger partial charge on any atom is -0.346 e. The van der Waals surface area contributed by atoms with Crippen molar-refractivity contribution in [2.24, 2.45) is 5.92 Å². The van der Waals surface area contributed by atoms with Gasteiger partial charge in [-0.2, -0.15) is 0 Å². The summed E-state index contributed by atoms with van der Waals surface area (Å²) < 4.78 is 1.97. The molecule has 0 saturated carbocycles. The van der Waals surface area contributed by atoms with Crippen LogP contribution in [0.15, 0.2) is 36.7 Å². The number of fused-ring (bicyclic) bond motifs is 2. The molecule has 0 unspecified atom stereocenters. The zero-order chi connectivity index (χ0) is 15.8. The van der Waals surface area contributed by atoms with Crippen molar-refractivity contribution >= 4 is 22.9 Å². The van der Waals surface area contributed by atoms with Crippen molar-refractivity contribution in [3.05, 3.63) is 57.7 Å². The standard InChI is InChI=1S/C18H19N3OS/c1-12-5-6-15-13(8-12)9-16(23-15)18(22)19-10-14-11-21-7-3-2-4-17(21)20-14/h2-4,7,9,11-12H,5-6,8,10H2,1H3,(H,19,22)/t12-/m0/s1. The summed E-state index contributed by atoms with van der Waals surface area (Å²) in [5.74, 6) is 0.736. The summed E-state index contributed by atoms with van der Waals surface area (Å²) in [6.07, 6.45) is 7.36. The lowest BCUT2D eigenvalue weighted by Crippen LogP contribution is -2.21. The maximum atomic E-state index is 12.4. The third kappa shape index (κ3) is 2.88. The first kappa shape index (κ1) is 14.5. The zero-order valence-corrected chi connectivity index (χ0v) is 13.9. The molecule has 3 heterocycles. The molecule has 0 radical (unpaired) electrons. The molecule has 1 amide bonds. The SMILES string of the molecule is C[C@H]1CCc2sc(C(=O)NCc3cn4ccccc4n3)cc2C1. The molecule has 1 N–H and O–H groups in total. The molecule has 4 rings (SSSR count). The van der Waals surface area contributed by atoms with Gasteiger partial charge in [0.1, 0.15) is 5.65 Å². The van der Waals surface area contributed by atoms with E-state index in [1.165, 1.54) is 16.9 Å². The second kappa shape index (κ2) is 5.81. The van der Waals surface area contributed by atoms with Crippen molar-refractivity contribution < 1.29 is 4.79 Å². The Morgan fingerprint density at radius 2 is 2.39 bits per heavy atom. The van der Waals surface area contributed by atoms with E-state index < -0.39 is 0 Å². The van der Waals surface area contributed by atoms with Crippen molar-refractivity contribution in [3.8, 4) is 0 Å². The quantitative estimate of drug-likeness (QED) is 0.802. The van der Waals surface area contributed by atoms with Crippen LogP contribution in [0.25, 0.3) is 5.65 Å². The van der Waals surface area contributed by atoms with E-state index in [9.17, 15) is 4.79 Å². The van der Waals surface area contributed by atoms with E-state index in [0.717, 1.165) is 35.0 Å². The van der Waals surface area contributed by atoms with Gasteiger partial charge in [0.05, 0.1) is 17.1 Å². The number of aromatic nitrogens is 2. The highest BCUT2D eigenvalue weighted by Gasteiger charge is 2.20. The zero-order valence-electron chi connectivity index (χ0n) is 13.1. The van der Waals surface area contributed by atoms with Crippen LogP contribution in [0.2, 0.25) is 0 Å². The number of nitrogens with one attached hydrogen (secondary N) is 1. The highest BCUT2D eigenvalue weighted by Crippen LogP contribution is 2.32. The Morgan fingerprint density at radius 1 is 1.48 bits per heavy atom. The monoisotopic (exact) mass is 325 g/mol. The molecule has 0 bridgehead atoms. The molecule has 0 saturated heterocycles. The van der Waals surface area contributed by atoms with E-state index in [-0.39, 0.29) is 5.91 Å². The predicted molar refractivity (Wildman–Crippen MR) is 91.9 cm³/mol. The predicted octanol–water partition coefficient (Wildman–Crippen LogP) is 3.45. The fourth-order valence-corrected chi connectivity index (χ4v) is 4.27. The Labute approximate surface area is 139 Å². The van der Waals surface area contributed by atoms with E-state index in [0.29, 0.717) is 6.54 Å². The highest BCUT2D eigenvalue weighted by molar-refractivity contribution is 7.14. The lowest BCUT2D eigenvalue weighted by atomic mass is 9.90. The third-order valence-corrected chi connectivity index (χ3v) is 5.63. The van der Waals surface area contributed by atoms with Crippen molar-refractivity contribution in [2.45, 2.75) is 32.7 Å². The normalized spacial score (nSPS) is 17.2. The van der Waals surface area contributed by atoms with Crippen molar-refractivity contribution in [2.75, 3.05) is 0 Å². The molecule has 4 nitrogen and oxygen atoms in total. The van der Waals surface area contributed by atoms with Crippen LogP contribution in [-0.2, 0) is 19.4 Å². The fraction of sp³-hybridized carbons (Fsp3) is 0.333. The van der Waals surface area contributed by atoms with Gasteiger partial charge in [0.15, 0.2) is 0 Å². The van der Waals surface area contributed by atoms with Gasteiger partial charge >= 0.3 is 0 Å². The summed E-state index contributed by atoms with van der Waals surface area (Å²) in [6.45, 7) is 2.74. The van der Waals surface area contributed by atoms with E-state index in [1.807, 2.05) is 35.0 Å². The molecule has 118 valence electrons. The lowest BCUT2D eigenvalue weighted by molar-refractivity contribution is 0.0954. The number of carbonyl (C=O) groups excluding carboxylic acids is 1. The van der Waals surface area contributed by atoms with Gasteiger partial charge in [0.2, 0.25) is 0 Å². The number of thiophene rings is 1. The van der Waals surface area contributed by atoms with Gasteiger partial charge in [-0.3, -0.25) is 4.79 Å². The van der Waals surface area contributed by atoms with Crippen LogP contribution in [0.3, 0.4) is 0 Å². The number of aryl methyl sites for hydroxylation is 1. The first-order valence-corrected chi connectivity index (χ1v) is 8.83. The molecule has 0 aromatic carbocycles. The maximum Gasteiger partial charge on any atom is 0.261 e. The largest absolute Gasteiger partial charge is 0.346 e. The van der Waals surface area contributed by atoms with E-state index in [2.05, 4.69) is 23.3 Å². The van der Waals surface area contributed by atoms with Crippen LogP contribution >= 0.6 is 11.3 Å². The molecule has 0 fully saturated rings. The second-order valence-corrected chi connectivity index (χ2v) is 7.42. The van der Waals surface area contributed by atoms with Crippen molar-refractivity contribution in [3.63, 3.8) is 0 Å². The van der Waals surface area contributed by atoms with Gasteiger partial charge in [-0.25, -0.2) is 4.98 Å². The van der Waals surface area contributed by atoms with Crippen LogP contribution in [-0.4, -0.2) is 15.3 Å². The molecule has 3 aromatic rings. The van der Waals surface area contributed by atoms with Gasteiger partial charge < -0.3 is 9.72 Å². The lowest BCUT2D eigenvalue weighted by Gasteiger charge is -2.16.